The van der Waals surface area contributed by atoms with Gasteiger partial charge in [-0.3, -0.25) is 4.79 Å². The van der Waals surface area contributed by atoms with Gasteiger partial charge in [-0.05, 0) is 48.9 Å². The Labute approximate surface area is 107 Å². The molecule has 1 aliphatic rings. The molecule has 3 N–H and O–H groups in total. The van der Waals surface area contributed by atoms with E-state index in [1.165, 1.54) is 12.1 Å². The van der Waals surface area contributed by atoms with E-state index in [2.05, 4.69) is 5.32 Å². The molecule has 2 unspecified atom stereocenters. The molecule has 1 amide bonds. The Bertz CT molecular complexity index is 402. The summed E-state index contributed by atoms with van der Waals surface area (Å²) in [4.78, 5) is 11.9. The molecule has 2 atom stereocenters. The number of phenols is 1. The number of hydrogen-bond donors (Lipinski definition) is 3. The minimum Gasteiger partial charge on any atom is -0.508 e. The molecule has 0 saturated heterocycles. The number of aliphatic hydroxyl groups is 1. The third-order valence-corrected chi connectivity index (χ3v) is 3.71. The zero-order valence-electron chi connectivity index (χ0n) is 10.3. The molecule has 18 heavy (non-hydrogen) atoms. The van der Waals surface area contributed by atoms with Gasteiger partial charge in [0.25, 0.3) is 5.91 Å². The van der Waals surface area contributed by atoms with Crippen LogP contribution in [0.25, 0.3) is 0 Å². The van der Waals surface area contributed by atoms with Gasteiger partial charge in [0.05, 0.1) is 0 Å². The van der Waals surface area contributed by atoms with Crippen LogP contribution >= 0.6 is 0 Å². The molecule has 1 aliphatic carbocycles. The molecule has 1 fully saturated rings. The minimum absolute atomic E-state index is 0.126. The van der Waals surface area contributed by atoms with Crippen LogP contribution in [0.4, 0.5) is 0 Å². The second-order valence-electron chi connectivity index (χ2n) is 4.89. The van der Waals surface area contributed by atoms with Crippen molar-refractivity contribution in [3.63, 3.8) is 0 Å². The predicted octanol–water partition coefficient (Wildman–Crippen LogP) is 1.53. The van der Waals surface area contributed by atoms with E-state index in [4.69, 9.17) is 5.11 Å². The lowest BCUT2D eigenvalue weighted by Gasteiger charge is -2.17. The number of rotatable bonds is 4. The van der Waals surface area contributed by atoms with Crippen molar-refractivity contribution in [2.45, 2.75) is 19.3 Å². The van der Waals surface area contributed by atoms with Crippen molar-refractivity contribution >= 4 is 5.91 Å². The fourth-order valence-corrected chi connectivity index (χ4v) is 2.56. The molecule has 98 valence electrons. The van der Waals surface area contributed by atoms with E-state index < -0.39 is 0 Å². The van der Waals surface area contributed by atoms with Gasteiger partial charge in [0.2, 0.25) is 0 Å². The van der Waals surface area contributed by atoms with Gasteiger partial charge in [-0.25, -0.2) is 0 Å². The fourth-order valence-electron chi connectivity index (χ4n) is 2.56. The van der Waals surface area contributed by atoms with Crippen LogP contribution in [-0.2, 0) is 0 Å². The molecule has 1 aromatic rings. The van der Waals surface area contributed by atoms with Crippen LogP contribution < -0.4 is 5.32 Å². The van der Waals surface area contributed by atoms with Gasteiger partial charge in [-0.1, -0.05) is 6.42 Å². The predicted molar refractivity (Wildman–Crippen MR) is 68.4 cm³/mol. The summed E-state index contributed by atoms with van der Waals surface area (Å²) in [5.74, 6) is 0.738. The molecule has 0 aliphatic heterocycles. The van der Waals surface area contributed by atoms with Crippen LogP contribution in [0, 0.1) is 11.8 Å². The molecule has 0 heterocycles. The molecular formula is C14H19NO3. The van der Waals surface area contributed by atoms with Crippen molar-refractivity contribution in [2.75, 3.05) is 13.2 Å². The number of benzene rings is 1. The van der Waals surface area contributed by atoms with Crippen LogP contribution in [0.5, 0.6) is 5.75 Å². The van der Waals surface area contributed by atoms with Gasteiger partial charge >= 0.3 is 0 Å². The molecule has 0 spiro atoms. The Morgan fingerprint density at radius 1 is 1.22 bits per heavy atom. The highest BCUT2D eigenvalue weighted by Crippen LogP contribution is 2.30. The minimum atomic E-state index is -0.126. The maximum Gasteiger partial charge on any atom is 0.251 e. The highest BCUT2D eigenvalue weighted by Gasteiger charge is 2.26. The SMILES string of the molecule is O=C(NCC1CCCC1CO)c1ccc(O)cc1. The molecule has 0 aromatic heterocycles. The van der Waals surface area contributed by atoms with Gasteiger partial charge in [0, 0.05) is 18.7 Å². The van der Waals surface area contributed by atoms with Gasteiger partial charge in [-0.15, -0.1) is 0 Å². The molecule has 0 radical (unpaired) electrons. The zero-order valence-corrected chi connectivity index (χ0v) is 10.3. The Hall–Kier alpha value is -1.55. The van der Waals surface area contributed by atoms with E-state index in [-0.39, 0.29) is 18.3 Å². The summed E-state index contributed by atoms with van der Waals surface area (Å²) in [6.45, 7) is 0.824. The van der Waals surface area contributed by atoms with Crippen molar-refractivity contribution in [3.05, 3.63) is 29.8 Å². The Kier molecular flexibility index (Phi) is 4.20. The van der Waals surface area contributed by atoms with E-state index in [0.717, 1.165) is 19.3 Å². The summed E-state index contributed by atoms with van der Waals surface area (Å²) >= 11 is 0. The number of aromatic hydroxyl groups is 1. The summed E-state index contributed by atoms with van der Waals surface area (Å²) in [7, 11) is 0. The Morgan fingerprint density at radius 3 is 2.56 bits per heavy atom. The number of aliphatic hydroxyl groups excluding tert-OH is 1. The summed E-state index contributed by atoms with van der Waals surface area (Å²) in [5, 5.41) is 21.2. The number of nitrogens with one attached hydrogen (secondary N) is 1. The van der Waals surface area contributed by atoms with E-state index >= 15 is 0 Å². The van der Waals surface area contributed by atoms with Crippen molar-refractivity contribution in [2.24, 2.45) is 11.8 Å². The first kappa shape index (κ1) is 12.9. The van der Waals surface area contributed by atoms with Gasteiger partial charge in [-0.2, -0.15) is 0 Å². The van der Waals surface area contributed by atoms with Crippen molar-refractivity contribution in [1.82, 2.24) is 5.32 Å². The van der Waals surface area contributed by atoms with Crippen LogP contribution in [0.1, 0.15) is 29.6 Å². The third kappa shape index (κ3) is 3.01. The monoisotopic (exact) mass is 249 g/mol. The second-order valence-corrected chi connectivity index (χ2v) is 4.89. The van der Waals surface area contributed by atoms with Crippen molar-refractivity contribution in [1.29, 1.82) is 0 Å². The fraction of sp³-hybridized carbons (Fsp3) is 0.500. The molecule has 4 heteroatoms. The van der Waals surface area contributed by atoms with Crippen LogP contribution in [0.2, 0.25) is 0 Å². The van der Waals surface area contributed by atoms with E-state index in [9.17, 15) is 9.90 Å². The van der Waals surface area contributed by atoms with Crippen molar-refractivity contribution in [3.8, 4) is 5.75 Å². The largest absolute Gasteiger partial charge is 0.508 e. The van der Waals surface area contributed by atoms with Crippen LogP contribution in [0.15, 0.2) is 24.3 Å². The first-order valence-electron chi connectivity index (χ1n) is 6.39. The number of phenolic OH excluding ortho intramolecular Hbond substituents is 1. The summed E-state index contributed by atoms with van der Waals surface area (Å²) in [5.41, 5.74) is 0.548. The highest BCUT2D eigenvalue weighted by atomic mass is 16.3. The average Bonchev–Trinajstić information content (AvgIpc) is 2.84. The van der Waals surface area contributed by atoms with Crippen molar-refractivity contribution < 1.29 is 15.0 Å². The average molecular weight is 249 g/mol. The van der Waals surface area contributed by atoms with E-state index in [0.29, 0.717) is 23.9 Å². The second kappa shape index (κ2) is 5.87. The summed E-state index contributed by atoms with van der Waals surface area (Å²) in [6.07, 6.45) is 3.25. The molecule has 1 aromatic carbocycles. The smallest absolute Gasteiger partial charge is 0.251 e. The zero-order chi connectivity index (χ0) is 13.0. The first-order chi connectivity index (χ1) is 8.70. The van der Waals surface area contributed by atoms with Crippen LogP contribution in [0.3, 0.4) is 0 Å². The highest BCUT2D eigenvalue weighted by molar-refractivity contribution is 5.94. The lowest BCUT2D eigenvalue weighted by atomic mass is 9.97. The van der Waals surface area contributed by atoms with Crippen LogP contribution in [-0.4, -0.2) is 29.3 Å². The number of hydrogen-bond acceptors (Lipinski definition) is 3. The molecular weight excluding hydrogens is 230 g/mol. The number of amides is 1. The molecule has 0 bridgehead atoms. The van der Waals surface area contributed by atoms with E-state index in [1.807, 2.05) is 0 Å². The quantitative estimate of drug-likeness (QED) is 0.758. The molecule has 2 rings (SSSR count). The Balaban J connectivity index is 1.86. The van der Waals surface area contributed by atoms with Gasteiger partial charge < -0.3 is 15.5 Å². The van der Waals surface area contributed by atoms with Gasteiger partial charge in [0.1, 0.15) is 5.75 Å². The Morgan fingerprint density at radius 2 is 1.89 bits per heavy atom. The maximum absolute atomic E-state index is 11.9. The first-order valence-corrected chi connectivity index (χ1v) is 6.39. The molecule has 1 saturated carbocycles. The standard InChI is InChI=1S/C14H19NO3/c16-9-12-3-1-2-11(12)8-15-14(18)10-4-6-13(17)7-5-10/h4-7,11-12,16-17H,1-3,8-9H2,(H,15,18). The van der Waals surface area contributed by atoms with Gasteiger partial charge in [0.15, 0.2) is 0 Å². The maximum atomic E-state index is 11.9. The topological polar surface area (TPSA) is 69.6 Å². The number of carbonyl (C=O) groups excluding carboxylic acids is 1. The third-order valence-electron chi connectivity index (χ3n) is 3.71. The molecule has 4 nitrogen and oxygen atoms in total. The summed E-state index contributed by atoms with van der Waals surface area (Å²) < 4.78 is 0. The lowest BCUT2D eigenvalue weighted by molar-refractivity contribution is 0.0938. The number of carbonyl (C=O) groups is 1. The lowest BCUT2D eigenvalue weighted by Crippen LogP contribution is -2.31. The van der Waals surface area contributed by atoms with E-state index in [1.54, 1.807) is 12.1 Å². The normalized spacial score (nSPS) is 22.9. The summed E-state index contributed by atoms with van der Waals surface area (Å²) in [6, 6.07) is 6.20.